The maximum atomic E-state index is 12.1. The van der Waals surface area contributed by atoms with Gasteiger partial charge in [-0.25, -0.2) is 0 Å². The van der Waals surface area contributed by atoms with Gasteiger partial charge in [0.05, 0.1) is 6.04 Å². The summed E-state index contributed by atoms with van der Waals surface area (Å²) in [5.41, 5.74) is 8.15. The molecule has 0 aliphatic rings. The van der Waals surface area contributed by atoms with Crippen molar-refractivity contribution in [2.45, 2.75) is 19.3 Å². The zero-order valence-electron chi connectivity index (χ0n) is 12.2. The first kappa shape index (κ1) is 16.8. The third kappa shape index (κ3) is 5.00. The van der Waals surface area contributed by atoms with Crippen molar-refractivity contribution in [3.63, 3.8) is 0 Å². The van der Waals surface area contributed by atoms with Gasteiger partial charge in [0.25, 0.3) is 0 Å². The predicted molar refractivity (Wildman–Crippen MR) is 79.9 cm³/mol. The van der Waals surface area contributed by atoms with Gasteiger partial charge in [0.15, 0.2) is 0 Å². The molecule has 2 aromatic carbocycles. The molecule has 0 aromatic heterocycles. The summed E-state index contributed by atoms with van der Waals surface area (Å²) < 4.78 is 40.2. The molecule has 0 aliphatic heterocycles. The standard InChI is InChI=1S/C16H15F3N2O2/c1-10(22)21-13-6-2-11(3-7-13)15(20)12-4-8-14(9-5-12)23-16(17,18)19/h2-9,15H,20H2,1H3,(H,21,22)/t15-/m0/s1. The maximum absolute atomic E-state index is 12.1. The topological polar surface area (TPSA) is 64.4 Å². The number of anilines is 1. The van der Waals surface area contributed by atoms with Crippen molar-refractivity contribution in [2.24, 2.45) is 5.73 Å². The highest BCUT2D eigenvalue weighted by Gasteiger charge is 2.31. The normalized spacial score (nSPS) is 12.6. The quantitative estimate of drug-likeness (QED) is 0.903. The minimum absolute atomic E-state index is 0.178. The molecular formula is C16H15F3N2O2. The highest BCUT2D eigenvalue weighted by Crippen LogP contribution is 2.26. The Kier molecular flexibility index (Phi) is 4.90. The fraction of sp³-hybridized carbons (Fsp3) is 0.188. The first-order chi connectivity index (χ1) is 10.7. The summed E-state index contributed by atoms with van der Waals surface area (Å²) in [6, 6.07) is 11.8. The number of ether oxygens (including phenoxy) is 1. The molecule has 122 valence electrons. The lowest BCUT2D eigenvalue weighted by molar-refractivity contribution is -0.274. The Hall–Kier alpha value is -2.54. The Bertz CT molecular complexity index is 667. The molecule has 0 radical (unpaired) electrons. The largest absolute Gasteiger partial charge is 0.573 e. The molecule has 0 saturated carbocycles. The molecule has 23 heavy (non-hydrogen) atoms. The Morgan fingerprint density at radius 1 is 1.04 bits per heavy atom. The van der Waals surface area contributed by atoms with Crippen molar-refractivity contribution in [3.8, 4) is 5.75 Å². The van der Waals surface area contributed by atoms with Gasteiger partial charge in [-0.2, -0.15) is 0 Å². The molecule has 2 aromatic rings. The van der Waals surface area contributed by atoms with E-state index in [0.29, 0.717) is 11.3 Å². The molecule has 1 atom stereocenters. The van der Waals surface area contributed by atoms with Crippen LogP contribution in [-0.4, -0.2) is 12.3 Å². The fourth-order valence-electron chi connectivity index (χ4n) is 2.05. The van der Waals surface area contributed by atoms with E-state index in [0.717, 1.165) is 5.56 Å². The first-order valence-electron chi connectivity index (χ1n) is 6.73. The number of hydrogen-bond acceptors (Lipinski definition) is 3. The van der Waals surface area contributed by atoms with E-state index >= 15 is 0 Å². The zero-order valence-corrected chi connectivity index (χ0v) is 12.2. The number of carbonyl (C=O) groups is 1. The second-order valence-electron chi connectivity index (χ2n) is 4.90. The SMILES string of the molecule is CC(=O)Nc1ccc([C@H](N)c2ccc(OC(F)(F)F)cc2)cc1. The van der Waals surface area contributed by atoms with Crippen LogP contribution in [0.15, 0.2) is 48.5 Å². The average Bonchev–Trinajstić information content (AvgIpc) is 2.46. The molecule has 7 heteroatoms. The van der Waals surface area contributed by atoms with Crippen LogP contribution in [-0.2, 0) is 4.79 Å². The molecule has 2 rings (SSSR count). The summed E-state index contributed by atoms with van der Waals surface area (Å²) in [7, 11) is 0. The van der Waals surface area contributed by atoms with Crippen LogP contribution < -0.4 is 15.8 Å². The van der Waals surface area contributed by atoms with Crippen LogP contribution in [0, 0.1) is 0 Å². The molecule has 3 N–H and O–H groups in total. The van der Waals surface area contributed by atoms with E-state index in [2.05, 4.69) is 10.1 Å². The highest BCUT2D eigenvalue weighted by molar-refractivity contribution is 5.88. The van der Waals surface area contributed by atoms with E-state index in [-0.39, 0.29) is 11.7 Å². The van der Waals surface area contributed by atoms with Crippen molar-refractivity contribution in [2.75, 3.05) is 5.32 Å². The van der Waals surface area contributed by atoms with E-state index in [1.54, 1.807) is 24.3 Å². The Morgan fingerprint density at radius 2 is 1.52 bits per heavy atom. The molecule has 0 unspecified atom stereocenters. The van der Waals surface area contributed by atoms with Crippen LogP contribution in [0.1, 0.15) is 24.1 Å². The molecule has 0 bridgehead atoms. The van der Waals surface area contributed by atoms with E-state index in [1.807, 2.05) is 0 Å². The van der Waals surface area contributed by atoms with E-state index < -0.39 is 12.4 Å². The number of hydrogen-bond donors (Lipinski definition) is 2. The maximum Gasteiger partial charge on any atom is 0.573 e. The summed E-state index contributed by atoms with van der Waals surface area (Å²) in [6.45, 7) is 1.41. The second-order valence-corrected chi connectivity index (χ2v) is 4.90. The van der Waals surface area contributed by atoms with Gasteiger partial charge in [-0.1, -0.05) is 24.3 Å². The minimum atomic E-state index is -4.72. The van der Waals surface area contributed by atoms with Gasteiger partial charge in [-0.05, 0) is 35.4 Å². The van der Waals surface area contributed by atoms with Gasteiger partial charge in [0, 0.05) is 12.6 Å². The predicted octanol–water partition coefficient (Wildman–Crippen LogP) is 3.59. The highest BCUT2D eigenvalue weighted by atomic mass is 19.4. The Morgan fingerprint density at radius 3 is 1.96 bits per heavy atom. The summed E-state index contributed by atoms with van der Waals surface area (Å²) in [5, 5.41) is 2.64. The van der Waals surface area contributed by atoms with Crippen LogP contribution in [0.5, 0.6) is 5.75 Å². The molecule has 0 aliphatic carbocycles. The Balaban J connectivity index is 2.10. The first-order valence-corrected chi connectivity index (χ1v) is 6.73. The molecular weight excluding hydrogens is 309 g/mol. The lowest BCUT2D eigenvalue weighted by Crippen LogP contribution is -2.17. The number of carbonyl (C=O) groups excluding carboxylic acids is 1. The van der Waals surface area contributed by atoms with Crippen molar-refractivity contribution in [1.82, 2.24) is 0 Å². The lowest BCUT2D eigenvalue weighted by Gasteiger charge is -2.14. The molecule has 0 fully saturated rings. The van der Waals surface area contributed by atoms with Gasteiger partial charge in [-0.3, -0.25) is 4.79 Å². The monoisotopic (exact) mass is 324 g/mol. The average molecular weight is 324 g/mol. The van der Waals surface area contributed by atoms with Crippen LogP contribution in [0.2, 0.25) is 0 Å². The molecule has 0 heterocycles. The number of benzene rings is 2. The van der Waals surface area contributed by atoms with Crippen molar-refractivity contribution < 1.29 is 22.7 Å². The number of rotatable bonds is 4. The van der Waals surface area contributed by atoms with E-state index in [9.17, 15) is 18.0 Å². The van der Waals surface area contributed by atoms with Crippen molar-refractivity contribution in [1.29, 1.82) is 0 Å². The smallest absolute Gasteiger partial charge is 0.406 e. The van der Waals surface area contributed by atoms with Crippen molar-refractivity contribution in [3.05, 3.63) is 59.7 Å². The number of halogens is 3. The molecule has 0 spiro atoms. The van der Waals surface area contributed by atoms with Gasteiger partial charge in [-0.15, -0.1) is 13.2 Å². The molecule has 4 nitrogen and oxygen atoms in total. The zero-order chi connectivity index (χ0) is 17.0. The fourth-order valence-corrected chi connectivity index (χ4v) is 2.05. The van der Waals surface area contributed by atoms with Crippen LogP contribution in [0.4, 0.5) is 18.9 Å². The third-order valence-corrected chi connectivity index (χ3v) is 3.06. The van der Waals surface area contributed by atoms with Crippen molar-refractivity contribution >= 4 is 11.6 Å². The van der Waals surface area contributed by atoms with Crippen LogP contribution in [0.25, 0.3) is 0 Å². The summed E-state index contributed by atoms with van der Waals surface area (Å²) in [4.78, 5) is 11.0. The van der Waals surface area contributed by atoms with Crippen LogP contribution in [0.3, 0.4) is 0 Å². The third-order valence-electron chi connectivity index (χ3n) is 3.06. The number of nitrogens with two attached hydrogens (primary N) is 1. The van der Waals surface area contributed by atoms with Gasteiger partial charge >= 0.3 is 6.36 Å². The summed E-state index contributed by atoms with van der Waals surface area (Å²) in [6.07, 6.45) is -4.72. The Labute approximate surface area is 131 Å². The molecule has 0 saturated heterocycles. The number of amides is 1. The van der Waals surface area contributed by atoms with Gasteiger partial charge < -0.3 is 15.8 Å². The second kappa shape index (κ2) is 6.70. The lowest BCUT2D eigenvalue weighted by atomic mass is 9.99. The number of nitrogens with one attached hydrogen (secondary N) is 1. The summed E-state index contributed by atoms with van der Waals surface area (Å²) in [5.74, 6) is -0.475. The van der Waals surface area contributed by atoms with E-state index in [1.165, 1.54) is 31.2 Å². The number of alkyl halides is 3. The molecule has 1 amide bonds. The van der Waals surface area contributed by atoms with Crippen LogP contribution >= 0.6 is 0 Å². The van der Waals surface area contributed by atoms with Gasteiger partial charge in [0.1, 0.15) is 5.75 Å². The summed E-state index contributed by atoms with van der Waals surface area (Å²) >= 11 is 0. The minimum Gasteiger partial charge on any atom is -0.406 e. The van der Waals surface area contributed by atoms with E-state index in [4.69, 9.17) is 5.73 Å². The van der Waals surface area contributed by atoms with Gasteiger partial charge in [0.2, 0.25) is 5.91 Å².